The van der Waals surface area contributed by atoms with Crippen LogP contribution in [-0.2, 0) is 38.1 Å². The number of aliphatic hydroxyl groups is 1. The first-order valence-electron chi connectivity index (χ1n) is 14.7. The number of carbonyl (C=O) groups is 4. The number of cyclic esters (lactones) is 1. The molecular formula is C32H40O10. The Bertz CT molecular complexity index is 1360. The van der Waals surface area contributed by atoms with Crippen LogP contribution in [0.5, 0.6) is 0 Å². The van der Waals surface area contributed by atoms with Crippen LogP contribution in [0.15, 0.2) is 34.7 Å². The molecular weight excluding hydrogens is 544 g/mol. The number of ketones is 1. The number of epoxide rings is 1. The second-order valence-corrected chi connectivity index (χ2v) is 13.9. The van der Waals surface area contributed by atoms with Crippen molar-refractivity contribution in [1.29, 1.82) is 0 Å². The van der Waals surface area contributed by atoms with E-state index >= 15 is 0 Å². The number of fused-ring (bicyclic) bond motifs is 5. The number of hydrogen-bond acceptors (Lipinski definition) is 10. The van der Waals surface area contributed by atoms with Crippen molar-refractivity contribution >= 4 is 23.7 Å². The predicted octanol–water partition coefficient (Wildman–Crippen LogP) is 3.71. The van der Waals surface area contributed by atoms with Crippen LogP contribution in [0, 0.1) is 39.9 Å². The first-order chi connectivity index (χ1) is 19.7. The molecule has 10 nitrogen and oxygen atoms in total. The predicted molar refractivity (Wildman–Crippen MR) is 145 cm³/mol. The molecule has 11 atom stereocenters. The van der Waals surface area contributed by atoms with Gasteiger partial charge in [-0.05, 0) is 32.8 Å². The number of methoxy groups -OCH3 is 1. The molecule has 3 heterocycles. The van der Waals surface area contributed by atoms with Gasteiger partial charge in [-0.1, -0.05) is 33.8 Å². The average molecular weight is 585 g/mol. The van der Waals surface area contributed by atoms with Gasteiger partial charge < -0.3 is 28.5 Å². The minimum absolute atomic E-state index is 0.102. The third-order valence-electron chi connectivity index (χ3n) is 11.8. The van der Waals surface area contributed by atoms with Gasteiger partial charge in [-0.15, -0.1) is 0 Å². The Morgan fingerprint density at radius 2 is 1.88 bits per heavy atom. The van der Waals surface area contributed by atoms with E-state index in [1.54, 1.807) is 38.5 Å². The van der Waals surface area contributed by atoms with E-state index in [4.69, 9.17) is 23.4 Å². The summed E-state index contributed by atoms with van der Waals surface area (Å²) in [6.45, 7) is 10.9. The zero-order chi connectivity index (χ0) is 30.6. The highest BCUT2D eigenvalue weighted by atomic mass is 16.6. The number of hydrogen-bond donors (Lipinski definition) is 1. The number of esters is 3. The fraction of sp³-hybridized carbons (Fsp3) is 0.688. The van der Waals surface area contributed by atoms with Crippen molar-refractivity contribution in [3.63, 3.8) is 0 Å². The summed E-state index contributed by atoms with van der Waals surface area (Å²) in [5.74, 6) is -4.51. The van der Waals surface area contributed by atoms with Gasteiger partial charge in [0.25, 0.3) is 0 Å². The monoisotopic (exact) mass is 584 g/mol. The largest absolute Gasteiger partial charge is 0.472 e. The Hall–Kier alpha value is -2.98. The third kappa shape index (κ3) is 3.51. The first kappa shape index (κ1) is 29.1. The van der Waals surface area contributed by atoms with Gasteiger partial charge in [0.15, 0.2) is 6.10 Å². The van der Waals surface area contributed by atoms with Crippen molar-refractivity contribution in [3.05, 3.63) is 35.8 Å². The lowest BCUT2D eigenvalue weighted by molar-refractivity contribution is -0.231. The Labute approximate surface area is 245 Å². The van der Waals surface area contributed by atoms with Gasteiger partial charge in [-0.3, -0.25) is 9.59 Å². The van der Waals surface area contributed by atoms with E-state index in [0.29, 0.717) is 18.4 Å². The molecule has 2 aliphatic heterocycles. The van der Waals surface area contributed by atoms with E-state index in [2.05, 4.69) is 6.92 Å². The van der Waals surface area contributed by atoms with E-state index in [0.717, 1.165) is 5.56 Å². The second kappa shape index (κ2) is 9.26. The lowest BCUT2D eigenvalue weighted by Gasteiger charge is -2.65. The van der Waals surface area contributed by atoms with Crippen molar-refractivity contribution in [3.8, 4) is 0 Å². The quantitative estimate of drug-likeness (QED) is 0.236. The van der Waals surface area contributed by atoms with Gasteiger partial charge in [0.2, 0.25) is 0 Å². The molecule has 0 amide bonds. The molecule has 5 fully saturated rings. The summed E-state index contributed by atoms with van der Waals surface area (Å²) < 4.78 is 29.1. The standard InChI is InChI=1S/C32H40O10/c1-8-15(2)27(36)41-25-20-23(35)31(6,22(29(25,3)4)21(34)28(37)38-7)17-9-11-30(5)18(32(17)26(20)42-32)13-19(33)40-24(30)16-10-12-39-14-16/h8,10,12,14,17-18,20-22,24-26,34H,9,11,13H2,1-7H3/t17-,18-,20+,21-,22+,24+,25-,26-,30-,31-,32-/m1/s1. The van der Waals surface area contributed by atoms with Gasteiger partial charge in [-0.25, -0.2) is 9.59 Å². The molecule has 1 aromatic rings. The molecule has 3 aliphatic carbocycles. The zero-order valence-electron chi connectivity index (χ0n) is 25.2. The Morgan fingerprint density at radius 3 is 2.50 bits per heavy atom. The van der Waals surface area contributed by atoms with Crippen molar-refractivity contribution in [2.24, 2.45) is 39.9 Å². The molecule has 0 aromatic carbocycles. The summed E-state index contributed by atoms with van der Waals surface area (Å²) in [4.78, 5) is 53.9. The van der Waals surface area contributed by atoms with Crippen LogP contribution in [0.2, 0.25) is 0 Å². The van der Waals surface area contributed by atoms with Crippen LogP contribution in [0.4, 0.5) is 0 Å². The average Bonchev–Trinajstić information content (AvgIpc) is 3.40. The van der Waals surface area contributed by atoms with Crippen LogP contribution in [0.3, 0.4) is 0 Å². The summed E-state index contributed by atoms with van der Waals surface area (Å²) in [5.41, 5.74) is -2.56. The maximum atomic E-state index is 14.7. The smallest absolute Gasteiger partial charge is 0.335 e. The molecule has 228 valence electrons. The highest BCUT2D eigenvalue weighted by molar-refractivity contribution is 5.94. The lowest BCUT2D eigenvalue weighted by atomic mass is 9.37. The van der Waals surface area contributed by atoms with Crippen molar-refractivity contribution in [2.75, 3.05) is 7.11 Å². The van der Waals surface area contributed by atoms with Crippen LogP contribution in [0.1, 0.15) is 72.5 Å². The fourth-order valence-electron chi connectivity index (χ4n) is 9.83. The van der Waals surface area contributed by atoms with Crippen LogP contribution < -0.4 is 0 Å². The molecule has 2 bridgehead atoms. The topological polar surface area (TPSA) is 142 Å². The molecule has 1 aromatic heterocycles. The molecule has 1 N–H and O–H groups in total. The summed E-state index contributed by atoms with van der Waals surface area (Å²) in [6.07, 6.45) is 2.23. The SMILES string of the molecule is CC=C(C)C(=O)O[C@@H]1[C@@H]2C(=O)[C@](C)([C@H]3CC[C@]4(C)[C@@H](CC(=O)O[C@H]4c4ccoc4)[C@]34O[C@H]24)[C@@H]([C@@H](O)C(=O)OC)C1(C)C. The molecule has 0 radical (unpaired) electrons. The molecule has 10 heteroatoms. The Balaban J connectivity index is 1.52. The van der Waals surface area contributed by atoms with Gasteiger partial charge in [0.05, 0.1) is 32.0 Å². The maximum Gasteiger partial charge on any atom is 0.335 e. The van der Waals surface area contributed by atoms with E-state index < -0.39 is 76.0 Å². The second-order valence-electron chi connectivity index (χ2n) is 13.9. The number of ether oxygens (including phenoxy) is 4. The normalized spacial score (nSPS) is 44.1. The summed E-state index contributed by atoms with van der Waals surface area (Å²) >= 11 is 0. The number of carbonyl (C=O) groups excluding carboxylic acids is 4. The van der Waals surface area contributed by atoms with Gasteiger partial charge in [0, 0.05) is 45.1 Å². The van der Waals surface area contributed by atoms with E-state index in [1.165, 1.54) is 7.11 Å². The molecule has 2 saturated heterocycles. The highest BCUT2D eigenvalue weighted by Gasteiger charge is 2.86. The number of Topliss-reactive ketones (excluding diaryl/α,β-unsaturated/α-hetero) is 1. The summed E-state index contributed by atoms with van der Waals surface area (Å²) in [7, 11) is 1.19. The third-order valence-corrected chi connectivity index (χ3v) is 11.8. The number of rotatable bonds is 5. The van der Waals surface area contributed by atoms with E-state index in [-0.39, 0.29) is 24.1 Å². The fourth-order valence-corrected chi connectivity index (χ4v) is 9.83. The highest BCUT2D eigenvalue weighted by Crippen LogP contribution is 2.77. The van der Waals surface area contributed by atoms with E-state index in [1.807, 2.05) is 20.8 Å². The number of furan rings is 1. The van der Waals surface area contributed by atoms with Crippen molar-refractivity contribution in [2.45, 2.75) is 90.8 Å². The molecule has 5 aliphatic rings. The Kier molecular flexibility index (Phi) is 6.42. The molecule has 0 unspecified atom stereocenters. The number of aliphatic hydroxyl groups excluding tert-OH is 1. The molecule has 1 spiro atoms. The van der Waals surface area contributed by atoms with Crippen molar-refractivity contribution < 1.29 is 47.6 Å². The number of allylic oxidation sites excluding steroid dienone is 1. The van der Waals surface area contributed by atoms with Crippen LogP contribution in [-0.4, -0.2) is 59.8 Å². The summed E-state index contributed by atoms with van der Waals surface area (Å²) in [5, 5.41) is 11.6. The molecule has 42 heavy (non-hydrogen) atoms. The van der Waals surface area contributed by atoms with Gasteiger partial charge >= 0.3 is 17.9 Å². The lowest BCUT2D eigenvalue weighted by Crippen LogP contribution is -2.74. The van der Waals surface area contributed by atoms with E-state index in [9.17, 15) is 24.3 Å². The van der Waals surface area contributed by atoms with Crippen LogP contribution in [0.25, 0.3) is 0 Å². The zero-order valence-corrected chi connectivity index (χ0v) is 25.2. The van der Waals surface area contributed by atoms with Gasteiger partial charge in [0.1, 0.15) is 29.7 Å². The minimum atomic E-state index is -1.65. The maximum absolute atomic E-state index is 14.7. The van der Waals surface area contributed by atoms with Crippen LogP contribution >= 0.6 is 0 Å². The summed E-state index contributed by atoms with van der Waals surface area (Å²) in [6, 6.07) is 1.80. The minimum Gasteiger partial charge on any atom is -0.472 e. The van der Waals surface area contributed by atoms with Crippen molar-refractivity contribution in [1.82, 2.24) is 0 Å². The van der Waals surface area contributed by atoms with Gasteiger partial charge in [-0.2, -0.15) is 0 Å². The molecule has 3 saturated carbocycles. The first-order valence-corrected chi connectivity index (χ1v) is 14.7. The molecule has 6 rings (SSSR count). The Morgan fingerprint density at radius 1 is 1.17 bits per heavy atom.